The number of hydrogen-bond donors (Lipinski definition) is 1. The van der Waals surface area contributed by atoms with Crippen molar-refractivity contribution in [3.8, 4) is 23.1 Å². The molecule has 0 saturated heterocycles. The molecule has 182 valence electrons. The third-order valence-corrected chi connectivity index (χ3v) is 5.26. The molecule has 0 atom stereocenters. The van der Waals surface area contributed by atoms with E-state index in [0.29, 0.717) is 33.6 Å². The molecule has 0 amide bonds. The van der Waals surface area contributed by atoms with Gasteiger partial charge in [0.2, 0.25) is 0 Å². The van der Waals surface area contributed by atoms with Crippen LogP contribution in [0.2, 0.25) is 5.02 Å². The summed E-state index contributed by atoms with van der Waals surface area (Å²) in [6.07, 6.45) is 6.07. The normalized spacial score (nSPS) is 11.1. The van der Waals surface area contributed by atoms with Crippen LogP contribution in [-0.2, 0) is 12.1 Å². The molecule has 11 nitrogen and oxygen atoms in total. The number of hydrogen-bond acceptors (Lipinski definition) is 9. The Kier molecular flexibility index (Phi) is 6.80. The SMILES string of the molecule is CC(C)(C)n1nc(-c2ccc([N+](=O)[O-])c(OCc3ccc(Cl)cn3)c2)c(C#N)c1Nc1cnccn1. The van der Waals surface area contributed by atoms with Crippen LogP contribution >= 0.6 is 11.6 Å². The van der Waals surface area contributed by atoms with Crippen LogP contribution in [0.15, 0.2) is 55.1 Å². The van der Waals surface area contributed by atoms with E-state index < -0.39 is 10.5 Å². The molecule has 0 aliphatic heterocycles. The summed E-state index contributed by atoms with van der Waals surface area (Å²) in [4.78, 5) is 23.5. The third kappa shape index (κ3) is 5.24. The molecule has 4 aromatic rings. The summed E-state index contributed by atoms with van der Waals surface area (Å²) in [5.74, 6) is 0.882. The second kappa shape index (κ2) is 9.97. The zero-order valence-corrected chi connectivity index (χ0v) is 20.4. The number of nitrogens with one attached hydrogen (secondary N) is 1. The van der Waals surface area contributed by atoms with Crippen LogP contribution in [0.4, 0.5) is 17.3 Å². The Morgan fingerprint density at radius 3 is 2.61 bits per heavy atom. The largest absolute Gasteiger partial charge is 0.480 e. The summed E-state index contributed by atoms with van der Waals surface area (Å²) in [6, 6.07) is 9.89. The van der Waals surface area contributed by atoms with E-state index in [1.165, 1.54) is 36.8 Å². The predicted molar refractivity (Wildman–Crippen MR) is 133 cm³/mol. The lowest BCUT2D eigenvalue weighted by Gasteiger charge is -2.22. The number of rotatable bonds is 7. The van der Waals surface area contributed by atoms with Gasteiger partial charge in [-0.2, -0.15) is 10.4 Å². The molecule has 36 heavy (non-hydrogen) atoms. The van der Waals surface area contributed by atoms with E-state index in [1.807, 2.05) is 20.8 Å². The molecule has 4 rings (SSSR count). The smallest absolute Gasteiger partial charge is 0.310 e. The number of ether oxygens (including phenoxy) is 1. The molecule has 0 saturated carbocycles. The third-order valence-electron chi connectivity index (χ3n) is 5.04. The number of anilines is 2. The van der Waals surface area contributed by atoms with Gasteiger partial charge >= 0.3 is 5.69 Å². The lowest BCUT2D eigenvalue weighted by molar-refractivity contribution is -0.385. The summed E-state index contributed by atoms with van der Waals surface area (Å²) >= 11 is 5.87. The number of aromatic nitrogens is 5. The zero-order valence-electron chi connectivity index (χ0n) is 19.6. The first kappa shape index (κ1) is 24.6. The maximum atomic E-state index is 11.6. The molecule has 1 N–H and O–H groups in total. The van der Waals surface area contributed by atoms with Crippen LogP contribution in [0, 0.1) is 21.4 Å². The number of nitro groups is 1. The Bertz CT molecular complexity index is 1440. The Labute approximate surface area is 211 Å². The first-order valence-corrected chi connectivity index (χ1v) is 11.1. The molecule has 0 unspecified atom stereocenters. The molecule has 0 aliphatic carbocycles. The van der Waals surface area contributed by atoms with Gasteiger partial charge < -0.3 is 10.1 Å². The maximum absolute atomic E-state index is 11.6. The topological polar surface area (TPSA) is 145 Å². The zero-order chi connectivity index (χ0) is 25.9. The van der Waals surface area contributed by atoms with Gasteiger partial charge in [-0.15, -0.1) is 0 Å². The minimum absolute atomic E-state index is 0.0114. The van der Waals surface area contributed by atoms with Crippen molar-refractivity contribution in [2.24, 2.45) is 0 Å². The van der Waals surface area contributed by atoms with Crippen LogP contribution in [0.3, 0.4) is 0 Å². The minimum Gasteiger partial charge on any atom is -0.480 e. The van der Waals surface area contributed by atoms with Crippen molar-refractivity contribution in [2.45, 2.75) is 32.9 Å². The van der Waals surface area contributed by atoms with E-state index in [0.717, 1.165) is 0 Å². The maximum Gasteiger partial charge on any atom is 0.310 e. The monoisotopic (exact) mass is 504 g/mol. The molecule has 0 aliphatic rings. The quantitative estimate of drug-likeness (QED) is 0.263. The van der Waals surface area contributed by atoms with Crippen LogP contribution in [0.5, 0.6) is 5.75 Å². The predicted octanol–water partition coefficient (Wildman–Crippen LogP) is 5.25. The van der Waals surface area contributed by atoms with Crippen molar-refractivity contribution in [3.63, 3.8) is 0 Å². The van der Waals surface area contributed by atoms with Gasteiger partial charge in [0.15, 0.2) is 5.75 Å². The number of benzene rings is 1. The van der Waals surface area contributed by atoms with E-state index in [4.69, 9.17) is 21.4 Å². The van der Waals surface area contributed by atoms with E-state index in [9.17, 15) is 15.4 Å². The van der Waals surface area contributed by atoms with Crippen molar-refractivity contribution in [2.75, 3.05) is 5.32 Å². The fourth-order valence-electron chi connectivity index (χ4n) is 3.38. The van der Waals surface area contributed by atoms with Crippen molar-refractivity contribution in [3.05, 3.63) is 81.5 Å². The number of halogens is 1. The average Bonchev–Trinajstić information content (AvgIpc) is 3.22. The highest BCUT2D eigenvalue weighted by molar-refractivity contribution is 6.30. The lowest BCUT2D eigenvalue weighted by Crippen LogP contribution is -2.24. The van der Waals surface area contributed by atoms with E-state index in [2.05, 4.69) is 26.3 Å². The van der Waals surface area contributed by atoms with Gasteiger partial charge in [0.25, 0.3) is 0 Å². The van der Waals surface area contributed by atoms with E-state index in [-0.39, 0.29) is 23.6 Å². The van der Waals surface area contributed by atoms with Gasteiger partial charge in [-0.3, -0.25) is 20.1 Å². The first-order chi connectivity index (χ1) is 17.2. The number of nitro benzene ring substituents is 1. The fourth-order valence-corrected chi connectivity index (χ4v) is 3.50. The van der Waals surface area contributed by atoms with Gasteiger partial charge in [-0.05, 0) is 45.0 Å². The Balaban J connectivity index is 1.78. The van der Waals surface area contributed by atoms with Gasteiger partial charge in [0.1, 0.15) is 35.6 Å². The molecular formula is C24H21ClN8O3. The summed E-state index contributed by atoms with van der Waals surface area (Å²) < 4.78 is 7.44. The van der Waals surface area contributed by atoms with Crippen LogP contribution in [0.25, 0.3) is 11.3 Å². The molecule has 0 fully saturated rings. The summed E-state index contributed by atoms with van der Waals surface area (Å²) in [5.41, 5.74) is 0.873. The molecule has 12 heteroatoms. The Morgan fingerprint density at radius 2 is 2.00 bits per heavy atom. The number of nitriles is 1. The fraction of sp³-hybridized carbons (Fsp3) is 0.208. The molecule has 0 radical (unpaired) electrons. The van der Waals surface area contributed by atoms with Crippen molar-refractivity contribution < 1.29 is 9.66 Å². The Morgan fingerprint density at radius 1 is 1.19 bits per heavy atom. The highest BCUT2D eigenvalue weighted by Crippen LogP contribution is 2.37. The van der Waals surface area contributed by atoms with Crippen LogP contribution in [0.1, 0.15) is 32.0 Å². The summed E-state index contributed by atoms with van der Waals surface area (Å²) in [5, 5.41) is 30.0. The van der Waals surface area contributed by atoms with Crippen molar-refractivity contribution in [1.29, 1.82) is 5.26 Å². The molecule has 1 aromatic carbocycles. The molecule has 3 aromatic heterocycles. The highest BCUT2D eigenvalue weighted by Gasteiger charge is 2.28. The highest BCUT2D eigenvalue weighted by atomic mass is 35.5. The average molecular weight is 505 g/mol. The van der Waals surface area contributed by atoms with E-state index >= 15 is 0 Å². The Hall–Kier alpha value is -4.56. The van der Waals surface area contributed by atoms with Gasteiger partial charge in [-0.1, -0.05) is 11.6 Å². The second-order valence-corrected chi connectivity index (χ2v) is 9.11. The lowest BCUT2D eigenvalue weighted by atomic mass is 10.1. The van der Waals surface area contributed by atoms with Crippen molar-refractivity contribution in [1.82, 2.24) is 24.7 Å². The summed E-state index contributed by atoms with van der Waals surface area (Å²) in [6.45, 7) is 5.81. The van der Waals surface area contributed by atoms with Crippen molar-refractivity contribution >= 4 is 28.9 Å². The van der Waals surface area contributed by atoms with Crippen LogP contribution in [-0.4, -0.2) is 29.7 Å². The second-order valence-electron chi connectivity index (χ2n) is 8.68. The van der Waals surface area contributed by atoms with Crippen LogP contribution < -0.4 is 10.1 Å². The van der Waals surface area contributed by atoms with Gasteiger partial charge in [0.05, 0.1) is 27.4 Å². The summed E-state index contributed by atoms with van der Waals surface area (Å²) in [7, 11) is 0. The molecular weight excluding hydrogens is 484 g/mol. The first-order valence-electron chi connectivity index (χ1n) is 10.8. The van der Waals surface area contributed by atoms with Gasteiger partial charge in [0, 0.05) is 30.2 Å². The molecule has 3 heterocycles. The molecule has 0 spiro atoms. The number of nitrogens with zero attached hydrogens (tertiary/aromatic N) is 7. The van der Waals surface area contributed by atoms with Gasteiger partial charge in [-0.25, -0.2) is 9.67 Å². The minimum atomic E-state index is -0.533. The van der Waals surface area contributed by atoms with E-state index in [1.54, 1.807) is 23.0 Å². The number of pyridine rings is 1. The standard InChI is InChI=1S/C24H21ClN8O3/c1-24(2,3)32-23(30-21-13-27-8-9-28-21)18(11-26)22(31-32)15-4-7-19(33(34)35)20(10-15)36-14-17-6-5-16(25)12-29-17/h4-10,12-13H,14H2,1-3H3,(H,28,30). The molecule has 0 bridgehead atoms.